The molecule has 34 heavy (non-hydrogen) atoms. The van der Waals surface area contributed by atoms with Crippen molar-refractivity contribution in [2.24, 2.45) is 0 Å². The Balaban J connectivity index is 1.28. The van der Waals surface area contributed by atoms with Crippen LogP contribution in [0.25, 0.3) is 0 Å². The zero-order chi connectivity index (χ0) is 24.1. The van der Waals surface area contributed by atoms with Crippen LogP contribution in [0.2, 0.25) is 0 Å². The van der Waals surface area contributed by atoms with Gasteiger partial charge in [-0.25, -0.2) is 4.79 Å². The van der Waals surface area contributed by atoms with Crippen LogP contribution in [0.4, 0.5) is 29.3 Å². The van der Waals surface area contributed by atoms with Gasteiger partial charge >= 0.3 is 12.3 Å². The van der Waals surface area contributed by atoms with Crippen LogP contribution < -0.4 is 10.2 Å². The van der Waals surface area contributed by atoms with Gasteiger partial charge in [-0.3, -0.25) is 5.32 Å². The fourth-order valence-corrected chi connectivity index (χ4v) is 6.12. The number of carbonyl (C=O) groups excluding carboxylic acids is 1. The van der Waals surface area contributed by atoms with Crippen molar-refractivity contribution in [3.63, 3.8) is 0 Å². The Morgan fingerprint density at radius 2 is 1.79 bits per heavy atom. The smallest absolute Gasteiger partial charge is 0.416 e. The number of aliphatic hydroxyl groups is 1. The normalized spacial score (nSPS) is 23.9. The maximum Gasteiger partial charge on any atom is 0.416 e. The molecule has 10 heteroatoms. The van der Waals surface area contributed by atoms with Crippen LogP contribution >= 0.6 is 11.8 Å². The van der Waals surface area contributed by atoms with E-state index in [9.17, 15) is 23.1 Å². The number of hydrogen-bond donors (Lipinski definition) is 2. The Morgan fingerprint density at radius 1 is 1.09 bits per heavy atom. The van der Waals surface area contributed by atoms with E-state index in [1.54, 1.807) is 13.0 Å². The number of piperidine rings is 1. The van der Waals surface area contributed by atoms with E-state index in [4.69, 9.17) is 4.74 Å². The highest BCUT2D eigenvalue weighted by atomic mass is 32.2. The van der Waals surface area contributed by atoms with Crippen LogP contribution in [-0.2, 0) is 10.9 Å². The zero-order valence-corrected chi connectivity index (χ0v) is 19.5. The molecule has 3 aliphatic rings. The number of likely N-dealkylation sites (tertiary alicyclic amines) is 1. The molecule has 3 aliphatic heterocycles. The number of amides is 1. The van der Waals surface area contributed by atoms with E-state index in [1.165, 1.54) is 17.8 Å². The number of para-hydroxylation sites is 1. The van der Waals surface area contributed by atoms with E-state index in [2.05, 4.69) is 10.2 Å². The van der Waals surface area contributed by atoms with E-state index in [1.807, 2.05) is 29.2 Å². The first-order valence-electron chi connectivity index (χ1n) is 11.3. The van der Waals surface area contributed by atoms with E-state index in [-0.39, 0.29) is 0 Å². The van der Waals surface area contributed by atoms with Gasteiger partial charge in [0.25, 0.3) is 0 Å². The fraction of sp³-hybridized carbons (Fsp3) is 0.458. The van der Waals surface area contributed by atoms with Gasteiger partial charge in [-0.05, 0) is 50.2 Å². The lowest BCUT2D eigenvalue weighted by Crippen LogP contribution is -2.59. The summed E-state index contributed by atoms with van der Waals surface area (Å²) in [7, 11) is 0. The number of alkyl carbamates (subject to hydrolysis) is 1. The fourth-order valence-electron chi connectivity index (χ4n) is 5.04. The number of anilines is 2. The Bertz CT molecular complexity index is 1100. The van der Waals surface area contributed by atoms with Crippen molar-refractivity contribution < 1.29 is 27.8 Å². The molecule has 1 unspecified atom stereocenters. The van der Waals surface area contributed by atoms with Gasteiger partial charge in [0.15, 0.2) is 11.3 Å². The second-order valence-corrected chi connectivity index (χ2v) is 10.3. The van der Waals surface area contributed by atoms with E-state index >= 15 is 0 Å². The summed E-state index contributed by atoms with van der Waals surface area (Å²) in [5.41, 5.74) is -1.47. The third kappa shape index (κ3) is 4.12. The highest BCUT2D eigenvalue weighted by molar-refractivity contribution is 7.99. The summed E-state index contributed by atoms with van der Waals surface area (Å²) >= 11 is 1.49. The van der Waals surface area contributed by atoms with Crippen LogP contribution in [0.5, 0.6) is 0 Å². The first-order chi connectivity index (χ1) is 16.1. The van der Waals surface area contributed by atoms with Crippen LogP contribution in [0.3, 0.4) is 0 Å². The molecule has 1 spiro atoms. The Morgan fingerprint density at radius 3 is 2.47 bits per heavy atom. The third-order valence-corrected chi connectivity index (χ3v) is 8.12. The Kier molecular flexibility index (Phi) is 5.73. The summed E-state index contributed by atoms with van der Waals surface area (Å²) in [6, 6.07) is 11.7. The Hall–Kier alpha value is -2.43. The van der Waals surface area contributed by atoms with E-state index < -0.39 is 29.2 Å². The molecule has 0 radical (unpaired) electrons. The second kappa shape index (κ2) is 8.35. The van der Waals surface area contributed by atoms with Gasteiger partial charge < -0.3 is 19.6 Å². The van der Waals surface area contributed by atoms with Crippen molar-refractivity contribution in [1.29, 1.82) is 0 Å². The lowest BCUT2D eigenvalue weighted by atomic mass is 9.83. The topological polar surface area (TPSA) is 65.0 Å². The molecule has 1 atom stereocenters. The molecule has 0 aliphatic carbocycles. The van der Waals surface area contributed by atoms with E-state index in [0.29, 0.717) is 38.2 Å². The molecule has 2 N–H and O–H groups in total. The van der Waals surface area contributed by atoms with Crippen molar-refractivity contribution in [3.05, 3.63) is 48.0 Å². The summed E-state index contributed by atoms with van der Waals surface area (Å²) in [4.78, 5) is 17.7. The quantitative estimate of drug-likeness (QED) is 0.626. The number of benzene rings is 2. The minimum absolute atomic E-state index is 0.514. The van der Waals surface area contributed by atoms with Crippen LogP contribution in [0.15, 0.2) is 52.3 Å². The summed E-state index contributed by atoms with van der Waals surface area (Å²) < 4.78 is 45.6. The third-order valence-electron chi connectivity index (χ3n) is 6.99. The van der Waals surface area contributed by atoms with Gasteiger partial charge in [0, 0.05) is 42.3 Å². The van der Waals surface area contributed by atoms with Crippen LogP contribution in [0, 0.1) is 0 Å². The predicted octanol–water partition coefficient (Wildman–Crippen LogP) is 4.98. The zero-order valence-electron chi connectivity index (χ0n) is 18.7. The summed E-state index contributed by atoms with van der Waals surface area (Å²) in [5, 5.41) is 13.0. The van der Waals surface area contributed by atoms with Gasteiger partial charge in [-0.15, -0.1) is 0 Å². The van der Waals surface area contributed by atoms with Crippen LogP contribution in [0.1, 0.15) is 31.7 Å². The number of fused-ring (bicyclic) bond motifs is 2. The summed E-state index contributed by atoms with van der Waals surface area (Å²) in [5.74, 6) is 0. The predicted molar refractivity (Wildman–Crippen MR) is 122 cm³/mol. The molecule has 2 fully saturated rings. The highest BCUT2D eigenvalue weighted by Crippen LogP contribution is 2.49. The van der Waals surface area contributed by atoms with Gasteiger partial charge in [-0.2, -0.15) is 13.2 Å². The number of ether oxygens (including phenoxy) is 1. The molecule has 0 aromatic heterocycles. The molecule has 1 amide bonds. The van der Waals surface area contributed by atoms with E-state index in [0.717, 1.165) is 34.5 Å². The summed E-state index contributed by atoms with van der Waals surface area (Å²) in [6.07, 6.45) is -3.22. The number of carbonyl (C=O) groups is 1. The number of nitrogens with one attached hydrogen (secondary N) is 1. The molecule has 2 aromatic rings. The lowest BCUT2D eigenvalue weighted by molar-refractivity contribution is -0.137. The second-order valence-electron chi connectivity index (χ2n) is 9.18. The molecule has 182 valence electrons. The molecular weight excluding hydrogens is 467 g/mol. The number of nitrogens with zero attached hydrogens (tertiary/aromatic N) is 2. The largest absolute Gasteiger partial charge is 0.438 e. The number of alkyl halides is 3. The molecule has 3 heterocycles. The maximum atomic E-state index is 13.4. The molecular formula is C24H26F3N3O3S. The number of hydrogen-bond acceptors (Lipinski definition) is 6. The molecule has 6 nitrogen and oxygen atoms in total. The first-order valence-corrected chi connectivity index (χ1v) is 12.1. The molecule has 2 aromatic carbocycles. The van der Waals surface area contributed by atoms with Gasteiger partial charge in [0.05, 0.1) is 16.9 Å². The van der Waals surface area contributed by atoms with Crippen molar-refractivity contribution in [3.8, 4) is 0 Å². The lowest BCUT2D eigenvalue weighted by Gasteiger charge is -2.43. The summed E-state index contributed by atoms with van der Waals surface area (Å²) in [6.45, 7) is 4.20. The maximum absolute atomic E-state index is 13.4. The molecule has 0 saturated carbocycles. The SMILES string of the molecule is CC1(O)NC(=O)OC12CCN(CCCN1c3ccccc3Sc3ccc(C(F)(F)F)cc31)CC2. The monoisotopic (exact) mass is 493 g/mol. The molecule has 2 saturated heterocycles. The minimum atomic E-state index is -4.40. The number of rotatable bonds is 4. The van der Waals surface area contributed by atoms with Crippen molar-refractivity contribution in [2.45, 2.75) is 53.5 Å². The van der Waals surface area contributed by atoms with Gasteiger partial charge in [0.1, 0.15) is 0 Å². The van der Waals surface area contributed by atoms with Crippen LogP contribution in [-0.4, -0.2) is 53.6 Å². The van der Waals surface area contributed by atoms with Gasteiger partial charge in [-0.1, -0.05) is 23.9 Å². The average Bonchev–Trinajstić information content (AvgIpc) is 3.00. The Labute approximate surface area is 200 Å². The van der Waals surface area contributed by atoms with Crippen molar-refractivity contribution in [1.82, 2.24) is 10.2 Å². The first kappa shape index (κ1) is 23.3. The van der Waals surface area contributed by atoms with Crippen molar-refractivity contribution >= 4 is 29.2 Å². The molecule has 0 bridgehead atoms. The minimum Gasteiger partial charge on any atom is -0.438 e. The number of halogens is 3. The van der Waals surface area contributed by atoms with Gasteiger partial charge in [0.2, 0.25) is 0 Å². The average molecular weight is 494 g/mol. The highest BCUT2D eigenvalue weighted by Gasteiger charge is 2.58. The molecule has 5 rings (SSSR count). The standard InChI is InChI=1S/C24H26F3N3O3S/c1-22(32)23(33-21(31)28-22)9-13-29(14-10-23)11-4-12-30-17-5-2-3-6-19(17)34-20-8-7-16(15-18(20)30)24(25,26)27/h2-3,5-8,15,32H,4,9-14H2,1H3,(H,28,31). The van der Waals surface area contributed by atoms with Crippen molar-refractivity contribution in [2.75, 3.05) is 31.1 Å².